The highest BCUT2D eigenvalue weighted by Crippen LogP contribution is 2.36. The topological polar surface area (TPSA) is 101 Å². The van der Waals surface area contributed by atoms with E-state index in [1.54, 1.807) is 0 Å². The van der Waals surface area contributed by atoms with E-state index < -0.39 is 29.4 Å². The third-order valence-corrected chi connectivity index (χ3v) is 6.88. The van der Waals surface area contributed by atoms with Gasteiger partial charge in [0.1, 0.15) is 17.6 Å². The van der Waals surface area contributed by atoms with Crippen LogP contribution in [0.1, 0.15) is 125 Å². The number of esters is 1. The average Bonchev–Trinajstić information content (AvgIpc) is 2.92. The molecule has 2 N–H and O–H groups in total. The highest BCUT2D eigenvalue weighted by molar-refractivity contribution is 6.27. The lowest BCUT2D eigenvalue weighted by Gasteiger charge is -2.23. The molecule has 1 aliphatic rings. The molecule has 1 aromatic rings. The van der Waals surface area contributed by atoms with Gasteiger partial charge >= 0.3 is 5.97 Å². The summed E-state index contributed by atoms with van der Waals surface area (Å²) in [6, 6.07) is 2.34. The number of aromatic hydroxyl groups is 2. The van der Waals surface area contributed by atoms with Crippen molar-refractivity contribution in [3.63, 3.8) is 0 Å². The van der Waals surface area contributed by atoms with Gasteiger partial charge in [-0.3, -0.25) is 14.4 Å². The van der Waals surface area contributed by atoms with Gasteiger partial charge in [0.05, 0.1) is 11.1 Å². The largest absolute Gasteiger partial charge is 0.507 e. The van der Waals surface area contributed by atoms with Crippen molar-refractivity contribution in [3.8, 4) is 11.5 Å². The number of hydrogen-bond acceptors (Lipinski definition) is 6. The number of hydrogen-bond donors (Lipinski definition) is 2. The fraction of sp³-hybridized carbons (Fsp3) is 0.500. The van der Waals surface area contributed by atoms with Crippen LogP contribution < -0.4 is 0 Å². The quantitative estimate of drug-likeness (QED) is 0.0822. The first-order valence-corrected chi connectivity index (χ1v) is 14.7. The minimum Gasteiger partial charge on any atom is -0.507 e. The molecule has 218 valence electrons. The van der Waals surface area contributed by atoms with Crippen LogP contribution in [0.4, 0.5) is 0 Å². The van der Waals surface area contributed by atoms with Crippen molar-refractivity contribution in [1.29, 1.82) is 0 Å². The van der Waals surface area contributed by atoms with Gasteiger partial charge in [-0.1, -0.05) is 75.0 Å². The number of allylic oxidation sites excluding steroid dienone is 6. The zero-order valence-corrected chi connectivity index (χ0v) is 24.4. The number of ketones is 2. The van der Waals surface area contributed by atoms with E-state index >= 15 is 0 Å². The van der Waals surface area contributed by atoms with Gasteiger partial charge in [-0.25, -0.2) is 0 Å². The number of rotatable bonds is 18. The van der Waals surface area contributed by atoms with Crippen molar-refractivity contribution in [2.45, 2.75) is 110 Å². The summed E-state index contributed by atoms with van der Waals surface area (Å²) in [6.45, 7) is 6.01. The summed E-state index contributed by atoms with van der Waals surface area (Å²) in [6.07, 6.45) is 23.5. The molecule has 0 aromatic heterocycles. The number of carbonyl (C=O) groups is 3. The van der Waals surface area contributed by atoms with Crippen LogP contribution in [0.25, 0.3) is 0 Å². The second-order valence-corrected chi connectivity index (χ2v) is 10.6. The van der Waals surface area contributed by atoms with Crippen LogP contribution in [0.3, 0.4) is 0 Å². The molecule has 0 saturated carbocycles. The molecular weight excluding hydrogens is 504 g/mol. The molecule has 0 fully saturated rings. The highest BCUT2D eigenvalue weighted by Gasteiger charge is 2.35. The van der Waals surface area contributed by atoms with Gasteiger partial charge in [0.25, 0.3) is 0 Å². The number of benzene rings is 1. The number of Topliss-reactive ketones (excluding diaryl/α,β-unsaturated/α-hetero) is 1. The predicted molar refractivity (Wildman–Crippen MR) is 160 cm³/mol. The predicted octanol–water partition coefficient (Wildman–Crippen LogP) is 8.48. The Balaban J connectivity index is 1.80. The molecule has 40 heavy (non-hydrogen) atoms. The van der Waals surface area contributed by atoms with Gasteiger partial charge in [-0.15, -0.1) is 0 Å². The molecule has 0 spiro atoms. The fourth-order valence-corrected chi connectivity index (χ4v) is 4.60. The van der Waals surface area contributed by atoms with Gasteiger partial charge in [0.2, 0.25) is 0 Å². The lowest BCUT2D eigenvalue weighted by molar-refractivity contribution is -0.147. The number of unbranched alkanes of at least 4 members (excludes halogenated alkanes) is 8. The van der Waals surface area contributed by atoms with Crippen LogP contribution >= 0.6 is 0 Å². The molecule has 0 saturated heterocycles. The smallest absolute Gasteiger partial charge is 0.306 e. The van der Waals surface area contributed by atoms with Crippen LogP contribution in [-0.2, 0) is 9.53 Å². The highest BCUT2D eigenvalue weighted by atomic mass is 16.5. The second kappa shape index (κ2) is 18.0. The summed E-state index contributed by atoms with van der Waals surface area (Å²) >= 11 is 0. The molecule has 0 radical (unpaired) electrons. The first-order valence-electron chi connectivity index (χ1n) is 14.7. The van der Waals surface area contributed by atoms with Gasteiger partial charge < -0.3 is 14.9 Å². The molecule has 1 aromatic carbocycles. The Labute approximate surface area is 239 Å². The van der Waals surface area contributed by atoms with E-state index in [2.05, 4.69) is 31.2 Å². The van der Waals surface area contributed by atoms with E-state index in [0.717, 1.165) is 37.3 Å². The number of carbonyl (C=O) groups excluding carboxylic acids is 3. The lowest BCUT2D eigenvalue weighted by Crippen LogP contribution is -2.29. The van der Waals surface area contributed by atoms with E-state index in [0.29, 0.717) is 6.42 Å². The van der Waals surface area contributed by atoms with Crippen molar-refractivity contribution in [3.05, 3.63) is 70.9 Å². The minimum absolute atomic E-state index is 0.00303. The van der Waals surface area contributed by atoms with E-state index in [-0.39, 0.29) is 35.3 Å². The average molecular weight is 551 g/mol. The maximum absolute atomic E-state index is 13.2. The van der Waals surface area contributed by atoms with Crippen LogP contribution in [0.15, 0.2) is 59.7 Å². The Morgan fingerprint density at radius 3 is 2.10 bits per heavy atom. The third-order valence-electron chi connectivity index (χ3n) is 6.88. The molecule has 0 bridgehead atoms. The van der Waals surface area contributed by atoms with E-state index in [1.165, 1.54) is 50.7 Å². The van der Waals surface area contributed by atoms with Crippen molar-refractivity contribution < 1.29 is 29.3 Å². The summed E-state index contributed by atoms with van der Waals surface area (Å²) in [7, 11) is 0. The molecule has 0 aliphatic heterocycles. The van der Waals surface area contributed by atoms with Gasteiger partial charge in [-0.2, -0.15) is 0 Å². The summed E-state index contributed by atoms with van der Waals surface area (Å²) in [4.78, 5) is 38.5. The molecule has 0 heterocycles. The molecule has 1 atom stereocenters. The van der Waals surface area contributed by atoms with E-state index in [9.17, 15) is 24.6 Å². The Hall–Kier alpha value is -3.41. The molecule has 2 rings (SSSR count). The van der Waals surface area contributed by atoms with E-state index in [1.807, 2.05) is 19.9 Å². The number of phenolic OH excluding ortho intramolecular Hbond substituents is 2. The van der Waals surface area contributed by atoms with Crippen LogP contribution in [0, 0.1) is 0 Å². The second-order valence-electron chi connectivity index (χ2n) is 10.6. The van der Waals surface area contributed by atoms with Crippen LogP contribution in [0.2, 0.25) is 0 Å². The van der Waals surface area contributed by atoms with Gasteiger partial charge in [0.15, 0.2) is 11.6 Å². The van der Waals surface area contributed by atoms with Gasteiger partial charge in [0, 0.05) is 18.4 Å². The van der Waals surface area contributed by atoms with Crippen molar-refractivity contribution in [2.75, 3.05) is 0 Å². The molecule has 6 nitrogen and oxygen atoms in total. The fourth-order valence-electron chi connectivity index (χ4n) is 4.60. The standard InChI is InChI=1S/C34H46O6/c1-4-5-6-7-8-9-10-11-12-13-14-15-16-17-18-19-31(38)40-30(23-20-25(2)3)26-24-29(37)32-27(35)21-22-28(36)33(32)34(26)39/h11-12,14-15,20-22,24,30,35-36H,4-10,13,16-19,23H2,1-3H3/b12-11-,15-14-/t30-/m1/s1. The van der Waals surface area contributed by atoms with Crippen LogP contribution in [0.5, 0.6) is 11.5 Å². The summed E-state index contributed by atoms with van der Waals surface area (Å²) in [5.74, 6) is -2.46. The van der Waals surface area contributed by atoms with Crippen LogP contribution in [-0.4, -0.2) is 33.9 Å². The maximum atomic E-state index is 13.2. The van der Waals surface area contributed by atoms with Crippen molar-refractivity contribution in [2.24, 2.45) is 0 Å². The summed E-state index contributed by atoms with van der Waals surface area (Å²) < 4.78 is 5.67. The first-order chi connectivity index (χ1) is 19.3. The zero-order valence-electron chi connectivity index (χ0n) is 24.4. The molecule has 0 amide bonds. The zero-order chi connectivity index (χ0) is 29.3. The monoisotopic (exact) mass is 550 g/mol. The first kappa shape index (κ1) is 32.8. The molecule has 1 aliphatic carbocycles. The molecule has 0 unspecified atom stereocenters. The van der Waals surface area contributed by atoms with Crippen molar-refractivity contribution in [1.82, 2.24) is 0 Å². The SMILES string of the molecule is CCCCCCCC/C=C\C/C=C\CCCCC(=O)O[C@H](CC=C(C)C)C1=CC(=O)c2c(O)ccc(O)c2C1=O. The minimum atomic E-state index is -0.961. The Kier molecular flexibility index (Phi) is 14.8. The lowest BCUT2D eigenvalue weighted by atomic mass is 9.85. The summed E-state index contributed by atoms with van der Waals surface area (Å²) in [5.41, 5.74) is 0.477. The Morgan fingerprint density at radius 2 is 1.45 bits per heavy atom. The molecule has 6 heteroatoms. The number of ether oxygens (including phenoxy) is 1. The maximum Gasteiger partial charge on any atom is 0.306 e. The number of fused-ring (bicyclic) bond motifs is 1. The Bertz CT molecular complexity index is 1120. The Morgan fingerprint density at radius 1 is 0.850 bits per heavy atom. The van der Waals surface area contributed by atoms with Crippen molar-refractivity contribution >= 4 is 17.5 Å². The van der Waals surface area contributed by atoms with Gasteiger partial charge in [-0.05, 0) is 70.6 Å². The summed E-state index contributed by atoms with van der Waals surface area (Å²) in [5, 5.41) is 20.3. The third kappa shape index (κ3) is 11.0. The molecular formula is C34H46O6. The van der Waals surface area contributed by atoms with E-state index in [4.69, 9.17) is 4.74 Å². The normalized spacial score (nSPS) is 13.9. The number of phenols is 2.